The summed E-state index contributed by atoms with van der Waals surface area (Å²) in [5, 5.41) is 1.42. The summed E-state index contributed by atoms with van der Waals surface area (Å²) in [5.74, 6) is 0.285. The Hall–Kier alpha value is -2.42. The minimum atomic E-state index is -0.154. The molecule has 1 amide bonds. The molecule has 1 fully saturated rings. The van der Waals surface area contributed by atoms with E-state index < -0.39 is 0 Å². The van der Waals surface area contributed by atoms with Gasteiger partial charge in [0.25, 0.3) is 11.5 Å². The third-order valence-electron chi connectivity index (χ3n) is 6.00. The summed E-state index contributed by atoms with van der Waals surface area (Å²) in [6, 6.07) is 7.92. The van der Waals surface area contributed by atoms with Crippen LogP contribution in [0.1, 0.15) is 23.0 Å². The Morgan fingerprint density at radius 1 is 1.26 bits per heavy atom. The van der Waals surface area contributed by atoms with E-state index in [-0.39, 0.29) is 24.1 Å². The number of benzene rings is 1. The Kier molecular flexibility index (Phi) is 6.31. The van der Waals surface area contributed by atoms with E-state index in [2.05, 4.69) is 11.9 Å². The second kappa shape index (κ2) is 8.98. The zero-order valence-electron chi connectivity index (χ0n) is 18.5. The van der Waals surface area contributed by atoms with Crippen LogP contribution in [0.4, 0.5) is 0 Å². The molecule has 0 radical (unpaired) electrons. The molecule has 1 aliphatic heterocycles. The van der Waals surface area contributed by atoms with Crippen molar-refractivity contribution in [2.75, 3.05) is 47.0 Å². The fourth-order valence-electron chi connectivity index (χ4n) is 4.21. The van der Waals surface area contributed by atoms with Crippen LogP contribution in [0.5, 0.6) is 5.75 Å². The lowest BCUT2D eigenvalue weighted by Crippen LogP contribution is -2.38. The summed E-state index contributed by atoms with van der Waals surface area (Å²) in [6.07, 6.45) is 0.939. The molecule has 0 bridgehead atoms. The monoisotopic (exact) mass is 443 g/mol. The molecular formula is C23H29N3O4S. The smallest absolute Gasteiger partial charge is 0.267 e. The van der Waals surface area contributed by atoms with Crippen molar-refractivity contribution in [1.29, 1.82) is 0 Å². The summed E-state index contributed by atoms with van der Waals surface area (Å²) >= 11 is 1.35. The van der Waals surface area contributed by atoms with E-state index in [1.54, 1.807) is 16.5 Å². The quantitative estimate of drug-likeness (QED) is 0.526. The summed E-state index contributed by atoms with van der Waals surface area (Å²) in [5.41, 5.74) is 0.686. The molecule has 0 N–H and O–H groups in total. The average Bonchev–Trinajstić information content (AvgIpc) is 3.38. The first kappa shape index (κ1) is 21.8. The van der Waals surface area contributed by atoms with Crippen LogP contribution in [0.15, 0.2) is 29.1 Å². The lowest BCUT2D eigenvalue weighted by atomic mass is 10.1. The van der Waals surface area contributed by atoms with Crippen molar-refractivity contribution in [3.8, 4) is 5.75 Å². The molecule has 1 saturated heterocycles. The van der Waals surface area contributed by atoms with Gasteiger partial charge in [-0.25, -0.2) is 0 Å². The number of likely N-dealkylation sites (tertiary alicyclic amines) is 1. The maximum absolute atomic E-state index is 13.5. The zero-order chi connectivity index (χ0) is 22.1. The number of pyridine rings is 1. The third kappa shape index (κ3) is 3.95. The van der Waals surface area contributed by atoms with Crippen molar-refractivity contribution in [3.63, 3.8) is 0 Å². The highest BCUT2D eigenvalue weighted by Crippen LogP contribution is 2.40. The molecule has 8 heteroatoms. The molecule has 0 aliphatic carbocycles. The molecule has 3 heterocycles. The lowest BCUT2D eigenvalue weighted by Gasteiger charge is -2.24. The summed E-state index contributed by atoms with van der Waals surface area (Å²) in [6.45, 7) is 5.01. The number of para-hydroxylation sites is 1. The molecule has 0 spiro atoms. The summed E-state index contributed by atoms with van der Waals surface area (Å²) in [4.78, 5) is 31.3. The van der Waals surface area contributed by atoms with Crippen LogP contribution >= 0.6 is 11.3 Å². The van der Waals surface area contributed by atoms with Crippen LogP contribution in [0.2, 0.25) is 0 Å². The predicted octanol–water partition coefficient (Wildman–Crippen LogP) is 2.94. The van der Waals surface area contributed by atoms with Crippen molar-refractivity contribution >= 4 is 38.2 Å². The van der Waals surface area contributed by atoms with Gasteiger partial charge < -0.3 is 23.8 Å². The minimum absolute atomic E-state index is 0.0981. The maximum Gasteiger partial charge on any atom is 0.267 e. The van der Waals surface area contributed by atoms with Crippen LogP contribution in [-0.4, -0.2) is 73.3 Å². The first-order valence-electron chi connectivity index (χ1n) is 10.6. The second-order valence-corrected chi connectivity index (χ2v) is 9.03. The van der Waals surface area contributed by atoms with Gasteiger partial charge in [-0.2, -0.15) is 0 Å². The number of carbonyl (C=O) groups excluding carboxylic acids is 1. The fourth-order valence-corrected chi connectivity index (χ4v) is 5.47. The topological polar surface area (TPSA) is 64.0 Å². The first-order valence-corrected chi connectivity index (χ1v) is 11.5. The van der Waals surface area contributed by atoms with Crippen LogP contribution in [0.3, 0.4) is 0 Å². The van der Waals surface area contributed by atoms with Crippen molar-refractivity contribution < 1.29 is 14.3 Å². The number of aryl methyl sites for hydroxylation is 1. The van der Waals surface area contributed by atoms with Crippen LogP contribution in [0, 0.1) is 0 Å². The Bertz CT molecular complexity index is 1170. The molecule has 7 nitrogen and oxygen atoms in total. The van der Waals surface area contributed by atoms with E-state index in [0.29, 0.717) is 29.2 Å². The number of amides is 1. The molecule has 1 aromatic carbocycles. The standard InChI is InChI=1S/C23H29N3O4S/c1-5-29-12-13-30-19-18-20(16-8-6-7-9-17(16)26(4)22(18)27)31-21(19)23(28)25(3)15-10-11-24(2)14-15/h6-9,15H,5,10-14H2,1-4H3. The van der Waals surface area contributed by atoms with Gasteiger partial charge in [-0.1, -0.05) is 18.2 Å². The van der Waals surface area contributed by atoms with Gasteiger partial charge >= 0.3 is 0 Å². The van der Waals surface area contributed by atoms with E-state index >= 15 is 0 Å². The Morgan fingerprint density at radius 2 is 2.03 bits per heavy atom. The number of hydrogen-bond donors (Lipinski definition) is 0. The van der Waals surface area contributed by atoms with Gasteiger partial charge in [-0.05, 0) is 33.0 Å². The molecule has 1 aliphatic rings. The number of ether oxygens (including phenoxy) is 2. The molecule has 31 heavy (non-hydrogen) atoms. The van der Waals surface area contributed by atoms with Gasteiger partial charge in [0, 0.05) is 38.7 Å². The van der Waals surface area contributed by atoms with Gasteiger partial charge in [0.05, 0.1) is 16.8 Å². The normalized spacial score (nSPS) is 17.0. The van der Waals surface area contributed by atoms with Gasteiger partial charge in [-0.3, -0.25) is 9.59 Å². The van der Waals surface area contributed by atoms with Gasteiger partial charge in [0.15, 0.2) is 5.75 Å². The van der Waals surface area contributed by atoms with E-state index in [1.165, 1.54) is 11.3 Å². The number of likely N-dealkylation sites (N-methyl/N-ethyl adjacent to an activating group) is 2. The largest absolute Gasteiger partial charge is 0.489 e. The molecule has 4 rings (SSSR count). The van der Waals surface area contributed by atoms with E-state index in [9.17, 15) is 9.59 Å². The van der Waals surface area contributed by atoms with Gasteiger partial charge in [-0.15, -0.1) is 11.3 Å². The molecule has 0 saturated carbocycles. The van der Waals surface area contributed by atoms with Gasteiger partial charge in [0.2, 0.25) is 0 Å². The molecule has 3 aromatic rings. The number of aromatic nitrogens is 1. The predicted molar refractivity (Wildman–Crippen MR) is 125 cm³/mol. The Morgan fingerprint density at radius 3 is 2.74 bits per heavy atom. The number of thiophene rings is 1. The van der Waals surface area contributed by atoms with Crippen molar-refractivity contribution in [2.24, 2.45) is 7.05 Å². The summed E-state index contributed by atoms with van der Waals surface area (Å²) in [7, 11) is 5.67. The Labute approximate surface area is 185 Å². The second-order valence-electron chi connectivity index (χ2n) is 8.01. The number of fused-ring (bicyclic) bond motifs is 3. The van der Waals surface area contributed by atoms with Crippen LogP contribution < -0.4 is 10.3 Å². The number of nitrogens with zero attached hydrogens (tertiary/aromatic N) is 3. The van der Waals surface area contributed by atoms with Crippen LogP contribution in [0.25, 0.3) is 21.0 Å². The average molecular weight is 444 g/mol. The summed E-state index contributed by atoms with van der Waals surface area (Å²) < 4.78 is 13.9. The van der Waals surface area contributed by atoms with Crippen molar-refractivity contribution in [2.45, 2.75) is 19.4 Å². The highest BCUT2D eigenvalue weighted by molar-refractivity contribution is 7.22. The third-order valence-corrected chi connectivity index (χ3v) is 7.19. The van der Waals surface area contributed by atoms with Crippen LogP contribution in [-0.2, 0) is 11.8 Å². The molecule has 1 unspecified atom stereocenters. The minimum Gasteiger partial charge on any atom is -0.489 e. The SMILES string of the molecule is CCOCCOc1c(C(=O)N(C)C2CCN(C)C2)sc2c1c(=O)n(C)c1ccccc21. The van der Waals surface area contributed by atoms with Gasteiger partial charge in [0.1, 0.15) is 16.9 Å². The van der Waals surface area contributed by atoms with E-state index in [0.717, 1.165) is 35.1 Å². The number of rotatable bonds is 7. The fraction of sp³-hybridized carbons (Fsp3) is 0.478. The molecule has 2 aromatic heterocycles. The molecule has 166 valence electrons. The zero-order valence-corrected chi connectivity index (χ0v) is 19.3. The lowest BCUT2D eigenvalue weighted by molar-refractivity contribution is 0.0733. The number of carbonyl (C=O) groups is 1. The number of hydrogen-bond acceptors (Lipinski definition) is 6. The first-order chi connectivity index (χ1) is 14.9. The Balaban J connectivity index is 1.85. The van der Waals surface area contributed by atoms with Crippen molar-refractivity contribution in [3.05, 3.63) is 39.5 Å². The van der Waals surface area contributed by atoms with E-state index in [1.807, 2.05) is 38.2 Å². The van der Waals surface area contributed by atoms with E-state index in [4.69, 9.17) is 9.47 Å². The molecular weight excluding hydrogens is 414 g/mol. The highest BCUT2D eigenvalue weighted by Gasteiger charge is 2.31. The van der Waals surface area contributed by atoms with Crippen molar-refractivity contribution in [1.82, 2.24) is 14.4 Å². The molecule has 1 atom stereocenters. The highest BCUT2D eigenvalue weighted by atomic mass is 32.1. The maximum atomic E-state index is 13.5.